The van der Waals surface area contributed by atoms with E-state index in [1.165, 1.54) is 19.3 Å². The number of piperidine rings is 1. The molecule has 2 rings (SSSR count). The third-order valence-electron chi connectivity index (χ3n) is 3.95. The third kappa shape index (κ3) is 5.13. The van der Waals surface area contributed by atoms with Gasteiger partial charge in [-0.25, -0.2) is 4.98 Å². The van der Waals surface area contributed by atoms with Crippen LogP contribution in [0.4, 0.5) is 0 Å². The van der Waals surface area contributed by atoms with Gasteiger partial charge >= 0.3 is 0 Å². The first-order valence-corrected chi connectivity index (χ1v) is 8.26. The van der Waals surface area contributed by atoms with Crippen LogP contribution in [0, 0.1) is 0 Å². The Balaban J connectivity index is 1.85. The zero-order valence-electron chi connectivity index (χ0n) is 13.1. The van der Waals surface area contributed by atoms with Gasteiger partial charge in [-0.2, -0.15) is 0 Å². The molecule has 0 bridgehead atoms. The van der Waals surface area contributed by atoms with Gasteiger partial charge in [0.15, 0.2) is 0 Å². The lowest BCUT2D eigenvalue weighted by Gasteiger charge is -2.32. The number of hydrogen-bond acceptors (Lipinski definition) is 4. The highest BCUT2D eigenvalue weighted by Crippen LogP contribution is 2.24. The minimum atomic E-state index is 0.475. The van der Waals surface area contributed by atoms with Crippen LogP contribution in [0.25, 0.3) is 0 Å². The van der Waals surface area contributed by atoms with Crippen LogP contribution in [-0.4, -0.2) is 42.7 Å². The molecule has 21 heavy (non-hydrogen) atoms. The Bertz CT molecular complexity index is 442. The standard InChI is InChI=1S/C16H26ClN3O/c1-3-7-18-10-13-9-15(17)16(19-11-13)21-12-14-6-4-5-8-20(14)2/h9,11,14,18H,3-8,10,12H2,1-2H3. The fourth-order valence-electron chi connectivity index (χ4n) is 2.61. The summed E-state index contributed by atoms with van der Waals surface area (Å²) >= 11 is 6.27. The summed E-state index contributed by atoms with van der Waals surface area (Å²) in [7, 11) is 2.16. The van der Waals surface area contributed by atoms with Crippen LogP contribution in [-0.2, 0) is 6.54 Å². The molecule has 0 spiro atoms. The topological polar surface area (TPSA) is 37.4 Å². The zero-order valence-corrected chi connectivity index (χ0v) is 13.8. The molecule has 5 heteroatoms. The van der Waals surface area contributed by atoms with Crippen molar-refractivity contribution < 1.29 is 4.74 Å². The van der Waals surface area contributed by atoms with Crippen molar-refractivity contribution in [3.05, 3.63) is 22.8 Å². The Labute approximate surface area is 132 Å². The van der Waals surface area contributed by atoms with Crippen LogP contribution in [0.15, 0.2) is 12.3 Å². The quantitative estimate of drug-likeness (QED) is 0.785. The molecular formula is C16H26ClN3O. The second kappa shape index (κ2) is 8.57. The molecule has 0 amide bonds. The monoisotopic (exact) mass is 311 g/mol. The average Bonchev–Trinajstić information content (AvgIpc) is 2.48. The Kier molecular flexibility index (Phi) is 6.74. The number of ether oxygens (including phenoxy) is 1. The van der Waals surface area contributed by atoms with Crippen molar-refractivity contribution in [2.45, 2.75) is 45.2 Å². The van der Waals surface area contributed by atoms with E-state index in [9.17, 15) is 0 Å². The molecule has 0 aromatic carbocycles. The normalized spacial score (nSPS) is 19.7. The molecule has 2 heterocycles. The predicted molar refractivity (Wildman–Crippen MR) is 87.0 cm³/mol. The minimum absolute atomic E-state index is 0.475. The number of pyridine rings is 1. The maximum absolute atomic E-state index is 6.27. The van der Waals surface area contributed by atoms with Crippen LogP contribution in [0.5, 0.6) is 5.88 Å². The Morgan fingerprint density at radius 1 is 1.48 bits per heavy atom. The molecule has 1 aliphatic rings. The summed E-state index contributed by atoms with van der Waals surface area (Å²) in [4.78, 5) is 6.72. The van der Waals surface area contributed by atoms with E-state index >= 15 is 0 Å². The molecule has 1 atom stereocenters. The van der Waals surface area contributed by atoms with E-state index in [1.54, 1.807) is 0 Å². The van der Waals surface area contributed by atoms with E-state index in [1.807, 2.05) is 12.3 Å². The van der Waals surface area contributed by atoms with Gasteiger partial charge < -0.3 is 15.0 Å². The Morgan fingerprint density at radius 3 is 3.05 bits per heavy atom. The number of rotatable bonds is 7. The lowest BCUT2D eigenvalue weighted by molar-refractivity contribution is 0.122. The molecule has 118 valence electrons. The van der Waals surface area contributed by atoms with Gasteiger partial charge in [-0.3, -0.25) is 0 Å². The first-order chi connectivity index (χ1) is 10.2. The Morgan fingerprint density at radius 2 is 2.33 bits per heavy atom. The van der Waals surface area contributed by atoms with E-state index in [2.05, 4.69) is 29.2 Å². The largest absolute Gasteiger partial charge is 0.475 e. The lowest BCUT2D eigenvalue weighted by atomic mass is 10.0. The maximum atomic E-state index is 6.27. The molecule has 0 saturated carbocycles. The summed E-state index contributed by atoms with van der Waals surface area (Å²) in [5.74, 6) is 0.551. The van der Waals surface area contributed by atoms with Gasteiger partial charge in [-0.1, -0.05) is 24.9 Å². The Hall–Kier alpha value is -0.840. The van der Waals surface area contributed by atoms with Crippen molar-refractivity contribution in [3.63, 3.8) is 0 Å². The highest BCUT2D eigenvalue weighted by Gasteiger charge is 2.20. The summed E-state index contributed by atoms with van der Waals surface area (Å²) in [6.45, 7) is 5.77. The number of aromatic nitrogens is 1. The first-order valence-electron chi connectivity index (χ1n) is 7.89. The fraction of sp³-hybridized carbons (Fsp3) is 0.688. The second-order valence-corrected chi connectivity index (χ2v) is 6.16. The average molecular weight is 312 g/mol. The molecule has 1 aliphatic heterocycles. The van der Waals surface area contributed by atoms with Gasteiger partial charge in [0.05, 0.1) is 0 Å². The zero-order chi connectivity index (χ0) is 15.1. The maximum Gasteiger partial charge on any atom is 0.232 e. The molecule has 0 radical (unpaired) electrons. The van der Waals surface area contributed by atoms with Crippen molar-refractivity contribution in [3.8, 4) is 5.88 Å². The van der Waals surface area contributed by atoms with Crippen molar-refractivity contribution in [1.82, 2.24) is 15.2 Å². The van der Waals surface area contributed by atoms with Crippen LogP contribution < -0.4 is 10.1 Å². The molecule has 1 aromatic rings. The van der Waals surface area contributed by atoms with Crippen molar-refractivity contribution in [2.75, 3.05) is 26.7 Å². The lowest BCUT2D eigenvalue weighted by Crippen LogP contribution is -2.40. The summed E-state index contributed by atoms with van der Waals surface area (Å²) < 4.78 is 5.82. The van der Waals surface area contributed by atoms with E-state index in [4.69, 9.17) is 16.3 Å². The molecule has 1 aromatic heterocycles. The van der Waals surface area contributed by atoms with Gasteiger partial charge in [0.2, 0.25) is 5.88 Å². The first kappa shape index (κ1) is 16.5. The molecule has 1 N–H and O–H groups in total. The third-order valence-corrected chi connectivity index (χ3v) is 4.22. The van der Waals surface area contributed by atoms with Gasteiger partial charge in [0.25, 0.3) is 0 Å². The number of nitrogens with zero attached hydrogens (tertiary/aromatic N) is 2. The van der Waals surface area contributed by atoms with E-state index in [0.717, 1.165) is 31.6 Å². The van der Waals surface area contributed by atoms with Crippen molar-refractivity contribution in [2.24, 2.45) is 0 Å². The van der Waals surface area contributed by atoms with Crippen LogP contribution in [0.1, 0.15) is 38.2 Å². The molecule has 0 aliphatic carbocycles. The van der Waals surface area contributed by atoms with Gasteiger partial charge in [0.1, 0.15) is 11.6 Å². The van der Waals surface area contributed by atoms with Crippen molar-refractivity contribution >= 4 is 11.6 Å². The molecule has 4 nitrogen and oxygen atoms in total. The molecular weight excluding hydrogens is 286 g/mol. The number of halogens is 1. The molecule has 1 unspecified atom stereocenters. The summed E-state index contributed by atoms with van der Waals surface area (Å²) in [6.07, 6.45) is 6.71. The highest BCUT2D eigenvalue weighted by molar-refractivity contribution is 6.31. The van der Waals surface area contributed by atoms with Gasteiger partial charge in [-0.15, -0.1) is 0 Å². The van der Waals surface area contributed by atoms with E-state index in [-0.39, 0.29) is 0 Å². The van der Waals surface area contributed by atoms with Crippen LogP contribution >= 0.6 is 11.6 Å². The number of likely N-dealkylation sites (N-methyl/N-ethyl adjacent to an activating group) is 1. The molecule has 1 fully saturated rings. The minimum Gasteiger partial charge on any atom is -0.475 e. The fourth-order valence-corrected chi connectivity index (χ4v) is 2.85. The highest BCUT2D eigenvalue weighted by atomic mass is 35.5. The van der Waals surface area contributed by atoms with Crippen molar-refractivity contribution in [1.29, 1.82) is 0 Å². The number of nitrogens with one attached hydrogen (secondary N) is 1. The van der Waals surface area contributed by atoms with Crippen LogP contribution in [0.3, 0.4) is 0 Å². The smallest absolute Gasteiger partial charge is 0.232 e. The van der Waals surface area contributed by atoms with E-state index in [0.29, 0.717) is 23.6 Å². The van der Waals surface area contributed by atoms with Crippen LogP contribution in [0.2, 0.25) is 5.02 Å². The number of hydrogen-bond donors (Lipinski definition) is 1. The summed E-state index contributed by atoms with van der Waals surface area (Å²) in [5, 5.41) is 3.94. The summed E-state index contributed by atoms with van der Waals surface area (Å²) in [6, 6.07) is 2.42. The number of likely N-dealkylation sites (tertiary alicyclic amines) is 1. The molecule has 1 saturated heterocycles. The van der Waals surface area contributed by atoms with Gasteiger partial charge in [-0.05, 0) is 51.0 Å². The summed E-state index contributed by atoms with van der Waals surface area (Å²) in [5.41, 5.74) is 1.09. The van der Waals surface area contributed by atoms with E-state index < -0.39 is 0 Å². The SMILES string of the molecule is CCCNCc1cnc(OCC2CCCCN2C)c(Cl)c1. The van der Waals surface area contributed by atoms with Gasteiger partial charge in [0, 0.05) is 18.8 Å². The predicted octanol–water partition coefficient (Wildman–Crippen LogP) is 3.10. The second-order valence-electron chi connectivity index (χ2n) is 5.75.